The van der Waals surface area contributed by atoms with Gasteiger partial charge in [-0.25, -0.2) is 13.8 Å². The lowest BCUT2D eigenvalue weighted by Gasteiger charge is -2.04. The number of hydrogen-bond acceptors (Lipinski definition) is 5. The fourth-order valence-corrected chi connectivity index (χ4v) is 2.33. The summed E-state index contributed by atoms with van der Waals surface area (Å²) < 4.78 is 31.7. The maximum absolute atomic E-state index is 13.6. The molecule has 0 aliphatic carbocycles. The molecule has 0 aliphatic rings. The fraction of sp³-hybridized carbons (Fsp3) is 0.214. The van der Waals surface area contributed by atoms with Crippen LogP contribution >= 0.6 is 11.8 Å². The molecule has 0 saturated heterocycles. The van der Waals surface area contributed by atoms with Gasteiger partial charge in [0, 0.05) is 18.7 Å². The lowest BCUT2D eigenvalue weighted by atomic mass is 10.2. The van der Waals surface area contributed by atoms with Crippen LogP contribution in [0.15, 0.2) is 24.4 Å². The normalized spacial score (nSPS) is 11.0. The molecule has 1 aromatic carbocycles. The smallest absolute Gasteiger partial charge is 0.324 e. The van der Waals surface area contributed by atoms with Gasteiger partial charge in [0.25, 0.3) is 0 Å². The van der Waals surface area contributed by atoms with Gasteiger partial charge in [-0.15, -0.1) is 0 Å². The quantitative estimate of drug-likeness (QED) is 0.780. The van der Waals surface area contributed by atoms with Crippen LogP contribution in [-0.4, -0.2) is 32.2 Å². The van der Waals surface area contributed by atoms with Crippen LogP contribution in [0, 0.1) is 11.6 Å². The number of fused-ring (bicyclic) bond motifs is 1. The fourth-order valence-electron chi connectivity index (χ4n) is 1.94. The molecule has 0 bridgehead atoms. The Kier molecular flexibility index (Phi) is 4.19. The molecule has 3 rings (SSSR count). The molecule has 22 heavy (non-hydrogen) atoms. The molecule has 0 saturated carbocycles. The number of nitrogens with one attached hydrogen (secondary N) is 1. The highest BCUT2D eigenvalue weighted by molar-refractivity contribution is 7.98. The highest BCUT2D eigenvalue weighted by Crippen LogP contribution is 2.24. The summed E-state index contributed by atoms with van der Waals surface area (Å²) in [5, 5.41) is 7.80. The summed E-state index contributed by atoms with van der Waals surface area (Å²) >= 11 is 1.72. The van der Waals surface area contributed by atoms with E-state index in [9.17, 15) is 8.78 Å². The topological polar surface area (TPSA) is 63.7 Å². The Bertz CT molecular complexity index is 809. The van der Waals surface area contributed by atoms with Crippen molar-refractivity contribution >= 4 is 22.8 Å². The van der Waals surface area contributed by atoms with E-state index in [-0.39, 0.29) is 11.8 Å². The Morgan fingerprint density at radius 3 is 2.95 bits per heavy atom. The number of aryl methyl sites for hydroxylation is 1. The Morgan fingerprint density at radius 1 is 1.32 bits per heavy atom. The van der Waals surface area contributed by atoms with E-state index < -0.39 is 11.6 Å². The van der Waals surface area contributed by atoms with Crippen LogP contribution in [0.1, 0.15) is 5.69 Å². The van der Waals surface area contributed by atoms with Crippen molar-refractivity contribution < 1.29 is 13.5 Å². The van der Waals surface area contributed by atoms with Crippen LogP contribution in [0.5, 0.6) is 11.8 Å². The van der Waals surface area contributed by atoms with E-state index in [1.807, 2.05) is 6.26 Å². The van der Waals surface area contributed by atoms with Gasteiger partial charge in [-0.2, -0.15) is 21.8 Å². The predicted octanol–water partition coefficient (Wildman–Crippen LogP) is 3.33. The number of halogens is 2. The number of rotatable bonds is 5. The second-order valence-corrected chi connectivity index (χ2v) is 5.49. The summed E-state index contributed by atoms with van der Waals surface area (Å²) in [6, 6.07) is 3.01. The molecule has 114 valence electrons. The number of aromatic nitrogens is 4. The molecule has 0 aliphatic heterocycles. The van der Waals surface area contributed by atoms with Crippen molar-refractivity contribution in [2.45, 2.75) is 6.42 Å². The second kappa shape index (κ2) is 6.27. The number of thioether (sulfide) groups is 1. The van der Waals surface area contributed by atoms with E-state index in [1.54, 1.807) is 18.0 Å². The van der Waals surface area contributed by atoms with E-state index in [0.717, 1.165) is 35.4 Å². The molecule has 0 unspecified atom stereocenters. The summed E-state index contributed by atoms with van der Waals surface area (Å²) in [5.74, 6) is -0.677. The highest BCUT2D eigenvalue weighted by Gasteiger charge is 2.11. The molecule has 3 aromatic rings. The average molecular weight is 322 g/mol. The minimum absolute atomic E-state index is 0.0296. The van der Waals surface area contributed by atoms with Crippen molar-refractivity contribution in [3.63, 3.8) is 0 Å². The van der Waals surface area contributed by atoms with Crippen LogP contribution in [0.2, 0.25) is 0 Å². The van der Waals surface area contributed by atoms with E-state index in [1.165, 1.54) is 6.07 Å². The lowest BCUT2D eigenvalue weighted by Crippen LogP contribution is -1.95. The summed E-state index contributed by atoms with van der Waals surface area (Å²) in [4.78, 5) is 8.19. The van der Waals surface area contributed by atoms with Gasteiger partial charge < -0.3 is 4.74 Å². The Balaban J connectivity index is 1.86. The van der Waals surface area contributed by atoms with Gasteiger partial charge in [-0.1, -0.05) is 0 Å². The van der Waals surface area contributed by atoms with Crippen LogP contribution in [0.3, 0.4) is 0 Å². The molecule has 1 N–H and O–H groups in total. The maximum atomic E-state index is 13.6. The number of H-pyrrole nitrogens is 1. The van der Waals surface area contributed by atoms with Crippen molar-refractivity contribution in [2.24, 2.45) is 0 Å². The van der Waals surface area contributed by atoms with Gasteiger partial charge in [0.15, 0.2) is 17.2 Å². The first-order valence-corrected chi connectivity index (χ1v) is 7.88. The Labute approximate surface area is 129 Å². The van der Waals surface area contributed by atoms with Crippen molar-refractivity contribution in [1.82, 2.24) is 20.2 Å². The first-order valence-electron chi connectivity index (χ1n) is 6.49. The summed E-state index contributed by atoms with van der Waals surface area (Å²) in [5.41, 5.74) is 1.40. The molecule has 2 heterocycles. The number of ether oxygens (including phenoxy) is 1. The zero-order valence-electron chi connectivity index (χ0n) is 11.6. The van der Waals surface area contributed by atoms with Crippen molar-refractivity contribution in [1.29, 1.82) is 0 Å². The van der Waals surface area contributed by atoms with E-state index >= 15 is 0 Å². The maximum Gasteiger partial charge on any atom is 0.324 e. The predicted molar refractivity (Wildman–Crippen MR) is 80.2 cm³/mol. The standard InChI is InChI=1S/C14H12F2N4OS/c1-22-5-4-11-9-7-17-14(18-13(9)20-19-11)21-12-3-2-8(15)6-10(12)16/h2-3,6-7H,4-5H2,1H3,(H,17,18,19,20). The molecular weight excluding hydrogens is 310 g/mol. The zero-order chi connectivity index (χ0) is 15.5. The molecule has 0 fully saturated rings. The Hall–Kier alpha value is -2.22. The van der Waals surface area contributed by atoms with Gasteiger partial charge >= 0.3 is 6.01 Å². The molecule has 2 aromatic heterocycles. The van der Waals surface area contributed by atoms with E-state index in [4.69, 9.17) is 4.74 Å². The molecule has 0 atom stereocenters. The summed E-state index contributed by atoms with van der Waals surface area (Å²) in [7, 11) is 0. The first-order chi connectivity index (χ1) is 10.7. The molecular formula is C14H12F2N4OS. The average Bonchev–Trinajstić information content (AvgIpc) is 2.90. The summed E-state index contributed by atoms with van der Waals surface area (Å²) in [6.45, 7) is 0. The third kappa shape index (κ3) is 3.01. The van der Waals surface area contributed by atoms with Crippen LogP contribution < -0.4 is 4.74 Å². The van der Waals surface area contributed by atoms with Crippen molar-refractivity contribution in [3.05, 3.63) is 41.7 Å². The SMILES string of the molecule is CSCCc1n[nH]c2nc(Oc3ccc(F)cc3F)ncc12. The van der Waals surface area contributed by atoms with E-state index in [2.05, 4.69) is 20.2 Å². The highest BCUT2D eigenvalue weighted by atomic mass is 32.2. The zero-order valence-corrected chi connectivity index (χ0v) is 12.5. The van der Waals surface area contributed by atoms with Gasteiger partial charge in [0.2, 0.25) is 0 Å². The van der Waals surface area contributed by atoms with Crippen LogP contribution in [-0.2, 0) is 6.42 Å². The number of hydrogen-bond donors (Lipinski definition) is 1. The van der Waals surface area contributed by atoms with Crippen molar-refractivity contribution in [2.75, 3.05) is 12.0 Å². The van der Waals surface area contributed by atoms with Gasteiger partial charge in [-0.05, 0) is 24.1 Å². The summed E-state index contributed by atoms with van der Waals surface area (Å²) in [6.07, 6.45) is 4.41. The van der Waals surface area contributed by atoms with Crippen LogP contribution in [0.4, 0.5) is 8.78 Å². The molecule has 5 nitrogen and oxygen atoms in total. The number of benzene rings is 1. The van der Waals surface area contributed by atoms with Gasteiger partial charge in [0.1, 0.15) is 5.82 Å². The monoisotopic (exact) mass is 322 g/mol. The van der Waals surface area contributed by atoms with Gasteiger partial charge in [-0.3, -0.25) is 5.10 Å². The van der Waals surface area contributed by atoms with Gasteiger partial charge in [0.05, 0.1) is 11.1 Å². The lowest BCUT2D eigenvalue weighted by molar-refractivity contribution is 0.409. The van der Waals surface area contributed by atoms with Crippen molar-refractivity contribution in [3.8, 4) is 11.8 Å². The molecule has 0 spiro atoms. The minimum atomic E-state index is -0.811. The largest absolute Gasteiger partial charge is 0.421 e. The molecule has 0 amide bonds. The second-order valence-electron chi connectivity index (χ2n) is 4.50. The Morgan fingerprint density at radius 2 is 2.18 bits per heavy atom. The minimum Gasteiger partial charge on any atom is -0.421 e. The molecule has 8 heteroatoms. The van der Waals surface area contributed by atoms with E-state index in [0.29, 0.717) is 5.65 Å². The number of nitrogens with zero attached hydrogens (tertiary/aromatic N) is 3. The molecule has 0 radical (unpaired) electrons. The third-order valence-electron chi connectivity index (χ3n) is 3.01. The third-order valence-corrected chi connectivity index (χ3v) is 3.62. The first kappa shape index (κ1) is 14.7. The number of aromatic amines is 1. The van der Waals surface area contributed by atoms with Crippen LogP contribution in [0.25, 0.3) is 11.0 Å².